The average molecular weight is 599 g/mol. The van der Waals surface area contributed by atoms with Crippen molar-refractivity contribution in [2.75, 3.05) is 13.7 Å². The average Bonchev–Trinajstić information content (AvgIpc) is 3.46. The lowest BCUT2D eigenvalue weighted by Gasteiger charge is -2.33. The molecule has 3 aromatic rings. The van der Waals surface area contributed by atoms with Gasteiger partial charge in [-0.1, -0.05) is 48.5 Å². The van der Waals surface area contributed by atoms with Gasteiger partial charge in [0.2, 0.25) is 11.8 Å². The molecule has 3 N–H and O–H groups in total. The van der Waals surface area contributed by atoms with Gasteiger partial charge in [-0.25, -0.2) is 14.8 Å². The van der Waals surface area contributed by atoms with Crippen LogP contribution in [0.15, 0.2) is 78.5 Å². The van der Waals surface area contributed by atoms with Crippen LogP contribution in [0.3, 0.4) is 0 Å². The summed E-state index contributed by atoms with van der Waals surface area (Å²) in [7, 11) is 1.31. The van der Waals surface area contributed by atoms with Gasteiger partial charge in [-0.05, 0) is 49.9 Å². The van der Waals surface area contributed by atoms with Crippen LogP contribution in [0.4, 0.5) is 13.2 Å². The lowest BCUT2D eigenvalue weighted by Crippen LogP contribution is -2.47. The molecule has 0 unspecified atom stereocenters. The van der Waals surface area contributed by atoms with E-state index in [1.165, 1.54) is 37.4 Å². The number of primary amides is 1. The van der Waals surface area contributed by atoms with Crippen LogP contribution in [-0.4, -0.2) is 52.3 Å². The molecule has 0 bridgehead atoms. The van der Waals surface area contributed by atoms with Gasteiger partial charge in [0, 0.05) is 37.2 Å². The number of halogens is 3. The first-order chi connectivity index (χ1) is 20.4. The predicted molar refractivity (Wildman–Crippen MR) is 153 cm³/mol. The lowest BCUT2D eigenvalue weighted by atomic mass is 10.0. The Morgan fingerprint density at radius 1 is 0.930 bits per heavy atom. The van der Waals surface area contributed by atoms with E-state index >= 15 is 0 Å². The Morgan fingerprint density at radius 2 is 1.60 bits per heavy atom. The molecule has 0 spiro atoms. The third kappa shape index (κ3) is 9.06. The Morgan fingerprint density at radius 3 is 2.26 bits per heavy atom. The SMILES string of the molecule is CCOC(=O)/C=C(/CCCC(N)=O)N(C(=O)CCc1ccccc1)N(C)C(=O)c1ccc(-c2ccccc2C(F)(F)F)[nH]1. The number of ether oxygens (including phenoxy) is 1. The summed E-state index contributed by atoms with van der Waals surface area (Å²) in [6.45, 7) is 1.67. The quantitative estimate of drug-likeness (QED) is 0.167. The largest absolute Gasteiger partial charge is 0.463 e. The number of carbonyl (C=O) groups is 4. The lowest BCUT2D eigenvalue weighted by molar-refractivity contribution is -0.140. The van der Waals surface area contributed by atoms with Crippen molar-refractivity contribution in [2.45, 2.75) is 45.2 Å². The van der Waals surface area contributed by atoms with Gasteiger partial charge in [-0.2, -0.15) is 13.2 Å². The van der Waals surface area contributed by atoms with Crippen LogP contribution in [-0.2, 0) is 31.7 Å². The fourth-order valence-electron chi connectivity index (χ4n) is 4.43. The standard InChI is InChI=1S/C31H33F3N4O5/c1-3-43-29(41)20-22(12-9-15-27(35)39)38(28(40)19-16-21-10-5-4-6-11-21)37(2)30(42)26-18-17-25(36-26)23-13-7-8-14-24(23)31(32,33)34/h4-8,10-11,13-14,17-18,20,36H,3,9,12,15-16,19H2,1-2H3,(H2,35,39)/b22-20-. The predicted octanol–water partition coefficient (Wildman–Crippen LogP) is 5.25. The summed E-state index contributed by atoms with van der Waals surface area (Å²) in [5, 5.41) is 2.02. The van der Waals surface area contributed by atoms with E-state index in [-0.39, 0.29) is 54.9 Å². The van der Waals surface area contributed by atoms with Crippen molar-refractivity contribution in [3.05, 3.63) is 95.3 Å². The van der Waals surface area contributed by atoms with Crippen LogP contribution in [0, 0.1) is 0 Å². The maximum Gasteiger partial charge on any atom is 0.417 e. The second-order valence-corrected chi connectivity index (χ2v) is 9.56. The number of hydrogen-bond acceptors (Lipinski definition) is 5. The van der Waals surface area contributed by atoms with E-state index in [1.807, 2.05) is 30.3 Å². The van der Waals surface area contributed by atoms with Crippen LogP contribution in [0.25, 0.3) is 11.3 Å². The summed E-state index contributed by atoms with van der Waals surface area (Å²) < 4.78 is 45.9. The molecule has 0 radical (unpaired) electrons. The van der Waals surface area contributed by atoms with Gasteiger partial charge >= 0.3 is 12.1 Å². The highest BCUT2D eigenvalue weighted by molar-refractivity contribution is 5.95. The number of aryl methyl sites for hydroxylation is 1. The Labute approximate surface area is 247 Å². The van der Waals surface area contributed by atoms with E-state index in [2.05, 4.69) is 4.98 Å². The minimum Gasteiger partial charge on any atom is -0.463 e. The summed E-state index contributed by atoms with van der Waals surface area (Å²) >= 11 is 0. The number of aromatic amines is 1. The summed E-state index contributed by atoms with van der Waals surface area (Å²) in [6, 6.07) is 16.8. The van der Waals surface area contributed by atoms with Gasteiger partial charge in [0.25, 0.3) is 5.91 Å². The molecule has 0 saturated carbocycles. The van der Waals surface area contributed by atoms with Crippen LogP contribution in [0.1, 0.15) is 54.2 Å². The molecule has 2 aromatic carbocycles. The molecular weight excluding hydrogens is 565 g/mol. The molecule has 0 saturated heterocycles. The van der Waals surface area contributed by atoms with Crippen molar-refractivity contribution in [1.82, 2.24) is 15.0 Å². The number of hydrogen-bond donors (Lipinski definition) is 2. The summed E-state index contributed by atoms with van der Waals surface area (Å²) in [5.41, 5.74) is 5.16. The summed E-state index contributed by atoms with van der Waals surface area (Å²) in [6.07, 6.45) is -3.11. The van der Waals surface area contributed by atoms with Gasteiger partial charge in [-0.3, -0.25) is 14.4 Å². The van der Waals surface area contributed by atoms with E-state index in [9.17, 15) is 32.3 Å². The van der Waals surface area contributed by atoms with Crippen LogP contribution in [0.2, 0.25) is 0 Å². The summed E-state index contributed by atoms with van der Waals surface area (Å²) in [5.74, 6) is -2.64. The second-order valence-electron chi connectivity index (χ2n) is 9.56. The van der Waals surface area contributed by atoms with Crippen molar-refractivity contribution in [1.29, 1.82) is 0 Å². The third-order valence-electron chi connectivity index (χ3n) is 6.44. The van der Waals surface area contributed by atoms with Crippen LogP contribution < -0.4 is 5.73 Å². The minimum absolute atomic E-state index is 0.0192. The third-order valence-corrected chi connectivity index (χ3v) is 6.44. The fraction of sp³-hybridized carbons (Fsp3) is 0.290. The number of carbonyl (C=O) groups excluding carboxylic acids is 4. The molecule has 9 nitrogen and oxygen atoms in total. The second kappa shape index (κ2) is 14.9. The van der Waals surface area contributed by atoms with Crippen molar-refractivity contribution in [3.8, 4) is 11.3 Å². The maximum atomic E-state index is 13.7. The number of H-pyrrole nitrogens is 1. The molecule has 1 heterocycles. The van der Waals surface area contributed by atoms with Gasteiger partial charge in [0.05, 0.1) is 17.9 Å². The first kappa shape index (κ1) is 32.6. The van der Waals surface area contributed by atoms with Gasteiger partial charge in [0.15, 0.2) is 0 Å². The topological polar surface area (TPSA) is 126 Å². The number of nitrogens with two attached hydrogens (primary N) is 1. The molecule has 3 amide bonds. The molecule has 1 aromatic heterocycles. The maximum absolute atomic E-state index is 13.7. The van der Waals surface area contributed by atoms with E-state index in [4.69, 9.17) is 10.5 Å². The highest BCUT2D eigenvalue weighted by atomic mass is 19.4. The van der Waals surface area contributed by atoms with Crippen LogP contribution >= 0.6 is 0 Å². The Bertz CT molecular complexity index is 1470. The molecule has 12 heteroatoms. The van der Waals surface area contributed by atoms with Crippen molar-refractivity contribution in [3.63, 3.8) is 0 Å². The number of allylic oxidation sites excluding steroid dienone is 1. The molecule has 43 heavy (non-hydrogen) atoms. The van der Waals surface area contributed by atoms with E-state index in [0.29, 0.717) is 6.42 Å². The van der Waals surface area contributed by atoms with Gasteiger partial charge in [-0.15, -0.1) is 0 Å². The first-order valence-electron chi connectivity index (χ1n) is 13.6. The van der Waals surface area contributed by atoms with Crippen molar-refractivity contribution < 1.29 is 37.1 Å². The molecule has 0 fully saturated rings. The minimum atomic E-state index is -4.62. The molecule has 0 atom stereocenters. The smallest absolute Gasteiger partial charge is 0.417 e. The fourth-order valence-corrected chi connectivity index (χ4v) is 4.43. The number of aromatic nitrogens is 1. The number of amides is 3. The molecular formula is C31H33F3N4O5. The monoisotopic (exact) mass is 598 g/mol. The Balaban J connectivity index is 1.98. The zero-order chi connectivity index (χ0) is 31.6. The Hall–Kier alpha value is -4.87. The summed E-state index contributed by atoms with van der Waals surface area (Å²) in [4.78, 5) is 53.9. The highest BCUT2D eigenvalue weighted by Crippen LogP contribution is 2.36. The number of benzene rings is 2. The normalized spacial score (nSPS) is 11.6. The zero-order valence-corrected chi connectivity index (χ0v) is 23.8. The number of alkyl halides is 3. The van der Waals surface area contributed by atoms with E-state index < -0.39 is 35.4 Å². The number of hydrazine groups is 1. The zero-order valence-electron chi connectivity index (χ0n) is 23.8. The number of rotatable bonds is 12. The van der Waals surface area contributed by atoms with Crippen LogP contribution in [0.5, 0.6) is 0 Å². The van der Waals surface area contributed by atoms with Crippen molar-refractivity contribution >= 4 is 23.7 Å². The molecule has 3 rings (SSSR count). The number of nitrogens with one attached hydrogen (secondary N) is 1. The molecule has 0 aliphatic heterocycles. The molecule has 0 aliphatic rings. The number of nitrogens with zero attached hydrogens (tertiary/aromatic N) is 2. The molecule has 228 valence electrons. The first-order valence-corrected chi connectivity index (χ1v) is 13.6. The van der Waals surface area contributed by atoms with Gasteiger partial charge in [0.1, 0.15) is 5.69 Å². The van der Waals surface area contributed by atoms with Gasteiger partial charge < -0.3 is 15.5 Å². The van der Waals surface area contributed by atoms with E-state index in [0.717, 1.165) is 27.7 Å². The van der Waals surface area contributed by atoms with E-state index in [1.54, 1.807) is 6.92 Å². The number of esters is 1. The molecule has 0 aliphatic carbocycles. The highest BCUT2D eigenvalue weighted by Gasteiger charge is 2.34. The Kier molecular flexibility index (Phi) is 11.3. The van der Waals surface area contributed by atoms with Crippen molar-refractivity contribution in [2.24, 2.45) is 5.73 Å².